The molecule has 0 fully saturated rings. The summed E-state index contributed by atoms with van der Waals surface area (Å²) in [6.07, 6.45) is 1.64. The molecule has 3 nitrogen and oxygen atoms in total. The van der Waals surface area contributed by atoms with E-state index >= 15 is 0 Å². The lowest BCUT2D eigenvalue weighted by Gasteiger charge is -2.06. The first-order valence-corrected chi connectivity index (χ1v) is 5.46. The van der Waals surface area contributed by atoms with Crippen molar-refractivity contribution in [1.82, 2.24) is 5.32 Å². The summed E-state index contributed by atoms with van der Waals surface area (Å²) in [5, 5.41) is 3.18. The molecule has 1 heterocycles. The summed E-state index contributed by atoms with van der Waals surface area (Å²) in [6, 6.07) is 9.75. The van der Waals surface area contributed by atoms with Gasteiger partial charge in [-0.2, -0.15) is 0 Å². The Kier molecular flexibility index (Phi) is 4.16. The van der Waals surface area contributed by atoms with Gasteiger partial charge < -0.3 is 14.5 Å². The van der Waals surface area contributed by atoms with Gasteiger partial charge >= 0.3 is 0 Å². The Bertz CT molecular complexity index is 425. The lowest BCUT2D eigenvalue weighted by molar-refractivity contribution is 0.310. The second-order valence-corrected chi connectivity index (χ2v) is 3.56. The smallest absolute Gasteiger partial charge is 0.123 e. The number of hydrogen-bond donors (Lipinski definition) is 1. The molecule has 0 amide bonds. The first-order chi connectivity index (χ1) is 8.34. The van der Waals surface area contributed by atoms with Crippen LogP contribution in [0.4, 0.5) is 4.39 Å². The summed E-state index contributed by atoms with van der Waals surface area (Å²) < 4.78 is 23.2. The molecule has 1 aromatic heterocycles. The lowest BCUT2D eigenvalue weighted by Crippen LogP contribution is -2.20. The van der Waals surface area contributed by atoms with Crippen LogP contribution < -0.4 is 10.1 Å². The third-order valence-electron chi connectivity index (χ3n) is 2.24. The monoisotopic (exact) mass is 235 g/mol. The Morgan fingerprint density at radius 3 is 2.71 bits per heavy atom. The fourth-order valence-electron chi connectivity index (χ4n) is 1.40. The van der Waals surface area contributed by atoms with Gasteiger partial charge in [0, 0.05) is 6.54 Å². The van der Waals surface area contributed by atoms with Crippen LogP contribution in [0.1, 0.15) is 5.76 Å². The molecular formula is C13H14FNO2. The van der Waals surface area contributed by atoms with Gasteiger partial charge in [0.05, 0.1) is 12.8 Å². The van der Waals surface area contributed by atoms with Crippen LogP contribution in [0.2, 0.25) is 0 Å². The van der Waals surface area contributed by atoms with E-state index in [4.69, 9.17) is 9.15 Å². The van der Waals surface area contributed by atoms with Crippen molar-refractivity contribution in [3.05, 3.63) is 54.2 Å². The van der Waals surface area contributed by atoms with E-state index in [1.165, 1.54) is 12.1 Å². The molecule has 0 aliphatic rings. The van der Waals surface area contributed by atoms with Crippen molar-refractivity contribution < 1.29 is 13.5 Å². The topological polar surface area (TPSA) is 34.4 Å². The summed E-state index contributed by atoms with van der Waals surface area (Å²) in [6.45, 7) is 1.92. The van der Waals surface area contributed by atoms with E-state index in [1.807, 2.05) is 12.1 Å². The van der Waals surface area contributed by atoms with E-state index in [9.17, 15) is 4.39 Å². The predicted octanol–water partition coefficient (Wildman–Crippen LogP) is 2.59. The van der Waals surface area contributed by atoms with E-state index in [0.717, 1.165) is 5.76 Å². The maximum Gasteiger partial charge on any atom is 0.123 e. The molecule has 0 spiro atoms. The first kappa shape index (κ1) is 11.7. The van der Waals surface area contributed by atoms with E-state index in [-0.39, 0.29) is 5.82 Å². The number of ether oxygens (including phenoxy) is 1. The molecule has 90 valence electrons. The number of furan rings is 1. The Balaban J connectivity index is 1.61. The van der Waals surface area contributed by atoms with Gasteiger partial charge in [0.15, 0.2) is 0 Å². The molecule has 4 heteroatoms. The van der Waals surface area contributed by atoms with Gasteiger partial charge in [0.1, 0.15) is 23.9 Å². The van der Waals surface area contributed by atoms with Crippen LogP contribution in [-0.4, -0.2) is 13.2 Å². The van der Waals surface area contributed by atoms with Crippen LogP contribution in [-0.2, 0) is 6.54 Å². The van der Waals surface area contributed by atoms with Gasteiger partial charge in [0.2, 0.25) is 0 Å². The highest BCUT2D eigenvalue weighted by Crippen LogP contribution is 2.10. The summed E-state index contributed by atoms with van der Waals surface area (Å²) in [4.78, 5) is 0. The molecule has 0 unspecified atom stereocenters. The van der Waals surface area contributed by atoms with E-state index in [2.05, 4.69) is 5.32 Å². The van der Waals surface area contributed by atoms with Gasteiger partial charge in [-0.05, 0) is 36.4 Å². The second-order valence-electron chi connectivity index (χ2n) is 3.56. The van der Waals surface area contributed by atoms with Crippen molar-refractivity contribution in [2.45, 2.75) is 6.54 Å². The molecule has 0 atom stereocenters. The van der Waals surface area contributed by atoms with Crippen molar-refractivity contribution in [2.75, 3.05) is 13.2 Å². The van der Waals surface area contributed by atoms with Crippen LogP contribution in [0.5, 0.6) is 5.75 Å². The molecule has 1 N–H and O–H groups in total. The Hall–Kier alpha value is -1.81. The standard InChI is InChI=1S/C13H14FNO2/c14-11-3-5-12(6-4-11)17-9-7-15-10-13-2-1-8-16-13/h1-6,8,15H,7,9-10H2. The minimum atomic E-state index is -0.256. The van der Waals surface area contributed by atoms with E-state index in [0.29, 0.717) is 25.4 Å². The van der Waals surface area contributed by atoms with E-state index < -0.39 is 0 Å². The molecule has 2 rings (SSSR count). The highest BCUT2D eigenvalue weighted by Gasteiger charge is 1.96. The lowest BCUT2D eigenvalue weighted by atomic mass is 10.3. The van der Waals surface area contributed by atoms with Gasteiger partial charge in [-0.3, -0.25) is 0 Å². The molecule has 2 aromatic rings. The molecule has 0 aliphatic heterocycles. The zero-order valence-electron chi connectivity index (χ0n) is 9.36. The Morgan fingerprint density at radius 2 is 2.00 bits per heavy atom. The van der Waals surface area contributed by atoms with Gasteiger partial charge in [-0.1, -0.05) is 0 Å². The number of rotatable bonds is 6. The second kappa shape index (κ2) is 6.06. The number of halogens is 1. The molecule has 0 saturated carbocycles. The highest BCUT2D eigenvalue weighted by molar-refractivity contribution is 5.21. The number of benzene rings is 1. The maximum absolute atomic E-state index is 12.6. The normalized spacial score (nSPS) is 10.4. The van der Waals surface area contributed by atoms with Crippen molar-refractivity contribution in [3.8, 4) is 5.75 Å². The van der Waals surface area contributed by atoms with Crippen molar-refractivity contribution in [3.63, 3.8) is 0 Å². The molecular weight excluding hydrogens is 221 g/mol. The van der Waals surface area contributed by atoms with Gasteiger partial charge in [-0.15, -0.1) is 0 Å². The summed E-state index contributed by atoms with van der Waals surface area (Å²) in [7, 11) is 0. The zero-order valence-corrected chi connectivity index (χ0v) is 9.36. The average Bonchev–Trinajstić information content (AvgIpc) is 2.84. The van der Waals surface area contributed by atoms with Crippen LogP contribution in [0.25, 0.3) is 0 Å². The van der Waals surface area contributed by atoms with Crippen molar-refractivity contribution in [1.29, 1.82) is 0 Å². The van der Waals surface area contributed by atoms with Crippen LogP contribution in [0.15, 0.2) is 47.1 Å². The summed E-state index contributed by atoms with van der Waals surface area (Å²) >= 11 is 0. The third-order valence-corrected chi connectivity index (χ3v) is 2.24. The highest BCUT2D eigenvalue weighted by atomic mass is 19.1. The van der Waals surface area contributed by atoms with Gasteiger partial charge in [0.25, 0.3) is 0 Å². The van der Waals surface area contributed by atoms with E-state index in [1.54, 1.807) is 18.4 Å². The Labute approximate surface area is 99.2 Å². The van der Waals surface area contributed by atoms with Crippen molar-refractivity contribution >= 4 is 0 Å². The fraction of sp³-hybridized carbons (Fsp3) is 0.231. The van der Waals surface area contributed by atoms with Crippen molar-refractivity contribution in [2.24, 2.45) is 0 Å². The molecule has 0 aliphatic carbocycles. The minimum Gasteiger partial charge on any atom is -0.492 e. The molecule has 0 radical (unpaired) electrons. The quantitative estimate of drug-likeness (QED) is 0.781. The number of nitrogens with one attached hydrogen (secondary N) is 1. The van der Waals surface area contributed by atoms with Crippen LogP contribution in [0.3, 0.4) is 0 Å². The molecule has 17 heavy (non-hydrogen) atoms. The summed E-state index contributed by atoms with van der Waals surface area (Å²) in [5.41, 5.74) is 0. The molecule has 0 saturated heterocycles. The Morgan fingerprint density at radius 1 is 1.18 bits per heavy atom. The molecule has 0 bridgehead atoms. The minimum absolute atomic E-state index is 0.256. The fourth-order valence-corrected chi connectivity index (χ4v) is 1.40. The van der Waals surface area contributed by atoms with Gasteiger partial charge in [-0.25, -0.2) is 4.39 Å². The third kappa shape index (κ3) is 3.92. The largest absolute Gasteiger partial charge is 0.492 e. The SMILES string of the molecule is Fc1ccc(OCCNCc2ccco2)cc1. The van der Waals surface area contributed by atoms with Crippen LogP contribution >= 0.6 is 0 Å². The predicted molar refractivity (Wildman–Crippen MR) is 62.3 cm³/mol. The maximum atomic E-state index is 12.6. The first-order valence-electron chi connectivity index (χ1n) is 5.46. The zero-order chi connectivity index (χ0) is 11.9. The molecule has 1 aromatic carbocycles. The number of hydrogen-bond acceptors (Lipinski definition) is 3. The summed E-state index contributed by atoms with van der Waals surface area (Å²) in [5.74, 6) is 1.31. The van der Waals surface area contributed by atoms with Crippen LogP contribution in [0, 0.1) is 5.82 Å². The average molecular weight is 235 g/mol.